The van der Waals surface area contributed by atoms with E-state index in [4.69, 9.17) is 4.74 Å². The summed E-state index contributed by atoms with van der Waals surface area (Å²) in [6, 6.07) is 10.4. The second kappa shape index (κ2) is 8.80. The maximum atomic E-state index is 14.2. The molecule has 210 valence electrons. The molecule has 0 heterocycles. The van der Waals surface area contributed by atoms with E-state index in [1.54, 1.807) is 46.9 Å². The minimum Gasteiger partial charge on any atom is -0.511 e. The Morgan fingerprint density at radius 1 is 1.07 bits per heavy atom. The smallest absolute Gasteiger partial charge is 0.209 e. The quantitative estimate of drug-likeness (QED) is 0.392. The number of hydrogen-bond acceptors (Lipinski definition) is 8. The van der Waals surface area contributed by atoms with Crippen LogP contribution in [0, 0.1) is 22.7 Å². The summed E-state index contributed by atoms with van der Waals surface area (Å²) >= 11 is 0. The molecule has 0 aliphatic heterocycles. The fourth-order valence-electron chi connectivity index (χ4n) is 7.79. The maximum Gasteiger partial charge on any atom is 0.209 e. The molecule has 2 aromatic carbocycles. The van der Waals surface area contributed by atoms with Crippen molar-refractivity contribution in [3.63, 3.8) is 0 Å². The largest absolute Gasteiger partial charge is 0.511 e. The summed E-state index contributed by atoms with van der Waals surface area (Å²) < 4.78 is 5.38. The molecule has 40 heavy (non-hydrogen) atoms. The van der Waals surface area contributed by atoms with Crippen molar-refractivity contribution in [3.8, 4) is 22.6 Å². The van der Waals surface area contributed by atoms with E-state index in [1.165, 1.54) is 6.07 Å². The lowest BCUT2D eigenvalue weighted by Gasteiger charge is -2.59. The van der Waals surface area contributed by atoms with Gasteiger partial charge >= 0.3 is 0 Å². The van der Waals surface area contributed by atoms with Gasteiger partial charge in [0.05, 0.1) is 12.7 Å². The van der Waals surface area contributed by atoms with Crippen molar-refractivity contribution in [2.75, 3.05) is 7.11 Å². The van der Waals surface area contributed by atoms with Crippen LogP contribution in [0.2, 0.25) is 0 Å². The highest BCUT2D eigenvalue weighted by atomic mass is 16.5. The summed E-state index contributed by atoms with van der Waals surface area (Å²) in [4.78, 5) is 40.4. The first-order chi connectivity index (χ1) is 18.6. The number of aliphatic hydroxyl groups is 3. The summed E-state index contributed by atoms with van der Waals surface area (Å²) in [5, 5.41) is 46.0. The molecule has 1 unspecified atom stereocenters. The number of ketones is 3. The van der Waals surface area contributed by atoms with Crippen molar-refractivity contribution in [1.29, 1.82) is 0 Å². The zero-order valence-electron chi connectivity index (χ0n) is 23.5. The van der Waals surface area contributed by atoms with Gasteiger partial charge in [-0.15, -0.1) is 0 Å². The van der Waals surface area contributed by atoms with Crippen LogP contribution < -0.4 is 4.74 Å². The summed E-state index contributed by atoms with van der Waals surface area (Å²) in [5.74, 6) is -4.67. The first kappa shape index (κ1) is 27.6. The molecule has 4 atom stereocenters. The van der Waals surface area contributed by atoms with Gasteiger partial charge in [-0.05, 0) is 60.6 Å². The lowest BCUT2D eigenvalue weighted by Crippen LogP contribution is -2.67. The van der Waals surface area contributed by atoms with E-state index < -0.39 is 56.8 Å². The van der Waals surface area contributed by atoms with Gasteiger partial charge in [0.1, 0.15) is 28.6 Å². The molecular weight excluding hydrogens is 512 g/mol. The van der Waals surface area contributed by atoms with Gasteiger partial charge in [0.2, 0.25) is 5.78 Å². The summed E-state index contributed by atoms with van der Waals surface area (Å²) in [5.41, 5.74) is -3.89. The van der Waals surface area contributed by atoms with Crippen LogP contribution >= 0.6 is 0 Å². The van der Waals surface area contributed by atoms with E-state index >= 15 is 0 Å². The number of carbonyl (C=O) groups is 3. The predicted octanol–water partition coefficient (Wildman–Crippen LogP) is 5.02. The Labute approximate surface area is 232 Å². The number of fused-ring (bicyclic) bond motifs is 3. The van der Waals surface area contributed by atoms with Crippen LogP contribution in [-0.4, -0.2) is 50.5 Å². The first-order valence-electron chi connectivity index (χ1n) is 13.3. The van der Waals surface area contributed by atoms with Crippen LogP contribution in [0.5, 0.6) is 11.5 Å². The van der Waals surface area contributed by atoms with Crippen LogP contribution in [0.25, 0.3) is 11.1 Å². The van der Waals surface area contributed by atoms with Gasteiger partial charge in [-0.1, -0.05) is 45.9 Å². The third-order valence-corrected chi connectivity index (χ3v) is 9.27. The Kier molecular flexibility index (Phi) is 6.08. The number of benzene rings is 2. The number of methoxy groups -OCH3 is 1. The molecule has 8 nitrogen and oxygen atoms in total. The lowest BCUT2D eigenvalue weighted by molar-refractivity contribution is -0.171. The second-order valence-corrected chi connectivity index (χ2v) is 12.2. The summed E-state index contributed by atoms with van der Waals surface area (Å²) in [6.07, 6.45) is 0.237. The average Bonchev–Trinajstić information content (AvgIpc) is 2.86. The van der Waals surface area contributed by atoms with Crippen LogP contribution in [0.1, 0.15) is 57.0 Å². The van der Waals surface area contributed by atoms with E-state index in [1.807, 2.05) is 18.2 Å². The topological polar surface area (TPSA) is 141 Å². The number of phenols is 1. The van der Waals surface area contributed by atoms with E-state index in [2.05, 4.69) is 0 Å². The number of carbonyl (C=O) groups excluding carboxylic acids is 3. The molecule has 3 aliphatic rings. The minimum absolute atomic E-state index is 0.0135. The fraction of sp³-hybridized carbons (Fsp3) is 0.406. The van der Waals surface area contributed by atoms with E-state index in [0.717, 1.165) is 12.5 Å². The van der Waals surface area contributed by atoms with Crippen molar-refractivity contribution in [2.45, 2.75) is 53.1 Å². The number of Topliss-reactive ketones (excluding diaryl/α,β-unsaturated/α-hetero) is 3. The van der Waals surface area contributed by atoms with Crippen molar-refractivity contribution >= 4 is 17.3 Å². The van der Waals surface area contributed by atoms with Crippen LogP contribution in [0.15, 0.2) is 59.1 Å². The fourth-order valence-corrected chi connectivity index (χ4v) is 7.79. The van der Waals surface area contributed by atoms with Crippen molar-refractivity contribution < 1.29 is 39.5 Å². The standard InChI is InChI=1S/C32H34O8/c1-15(2)24-26(35)22(16(3)33)28(37)32(39)29(38)25-27(36)23-20(13-30(25,4)14-31(24,32)5)19(10-11-21(23)34)17-8-7-9-18(12-17)40-6/h7-12,15,24,34-35,38-39H,13-14H2,1-6H3/t24?,30-,31-,32+/m1/s1. The Bertz CT molecular complexity index is 1560. The molecular formula is C32H34O8. The number of allylic oxidation sites excluding steroid dienone is 2. The predicted molar refractivity (Wildman–Crippen MR) is 147 cm³/mol. The molecule has 0 aromatic heterocycles. The number of ether oxygens (including phenoxy) is 1. The van der Waals surface area contributed by atoms with Gasteiger partial charge < -0.3 is 25.2 Å². The molecule has 8 heteroatoms. The van der Waals surface area contributed by atoms with Gasteiger partial charge in [-0.25, -0.2) is 0 Å². The zero-order chi connectivity index (χ0) is 29.5. The van der Waals surface area contributed by atoms with Gasteiger partial charge in [0, 0.05) is 22.3 Å². The number of rotatable bonds is 4. The van der Waals surface area contributed by atoms with Crippen LogP contribution in [0.3, 0.4) is 0 Å². The van der Waals surface area contributed by atoms with Crippen molar-refractivity contribution in [1.82, 2.24) is 0 Å². The second-order valence-electron chi connectivity index (χ2n) is 12.2. The third kappa shape index (κ3) is 3.38. The lowest BCUT2D eigenvalue weighted by atomic mass is 9.44. The Morgan fingerprint density at radius 2 is 1.75 bits per heavy atom. The highest BCUT2D eigenvalue weighted by molar-refractivity contribution is 6.25. The van der Waals surface area contributed by atoms with Gasteiger partial charge in [0.15, 0.2) is 17.2 Å². The van der Waals surface area contributed by atoms with Crippen molar-refractivity contribution in [2.24, 2.45) is 22.7 Å². The Balaban J connectivity index is 1.81. The molecule has 5 rings (SSSR count). The molecule has 4 N–H and O–H groups in total. The molecule has 0 bridgehead atoms. The Morgan fingerprint density at radius 3 is 2.35 bits per heavy atom. The van der Waals surface area contributed by atoms with Gasteiger partial charge in [-0.2, -0.15) is 0 Å². The molecule has 0 fully saturated rings. The highest BCUT2D eigenvalue weighted by Crippen LogP contribution is 2.65. The molecule has 0 radical (unpaired) electrons. The number of aliphatic hydroxyl groups excluding tert-OH is 2. The van der Waals surface area contributed by atoms with Crippen LogP contribution in [-0.2, 0) is 16.0 Å². The Hall–Kier alpha value is -3.91. The van der Waals surface area contributed by atoms with Crippen molar-refractivity contribution in [3.05, 3.63) is 70.2 Å². The summed E-state index contributed by atoms with van der Waals surface area (Å²) in [7, 11) is 1.55. The SMILES string of the molecule is COc1cccc(-c2ccc(O)c3c2C[C@]2(C)C[C@]4(C)C(C(C)C)C(O)=C(C(C)=O)C(=O)[C@]4(O)C(O)=C2C3=O)c1. The first-order valence-corrected chi connectivity index (χ1v) is 13.3. The van der Waals surface area contributed by atoms with E-state index in [9.17, 15) is 34.8 Å². The zero-order valence-corrected chi connectivity index (χ0v) is 23.5. The number of hydrogen-bond donors (Lipinski definition) is 4. The van der Waals surface area contributed by atoms with Gasteiger partial charge in [0.25, 0.3) is 0 Å². The van der Waals surface area contributed by atoms with Crippen LogP contribution in [0.4, 0.5) is 0 Å². The molecule has 0 spiro atoms. The molecule has 0 amide bonds. The monoisotopic (exact) mass is 546 g/mol. The molecule has 0 saturated heterocycles. The third-order valence-electron chi connectivity index (χ3n) is 9.27. The summed E-state index contributed by atoms with van der Waals surface area (Å²) in [6.45, 7) is 8.13. The number of phenolic OH excluding ortho intramolecular Hbond substituents is 1. The van der Waals surface area contributed by atoms with E-state index in [0.29, 0.717) is 16.9 Å². The van der Waals surface area contributed by atoms with E-state index in [-0.39, 0.29) is 35.6 Å². The maximum absolute atomic E-state index is 14.2. The highest BCUT2D eigenvalue weighted by Gasteiger charge is 2.71. The van der Waals surface area contributed by atoms with Gasteiger partial charge in [-0.3, -0.25) is 14.4 Å². The molecule has 0 saturated carbocycles. The molecule has 2 aromatic rings. The average molecular weight is 547 g/mol. The molecule has 3 aliphatic carbocycles. The minimum atomic E-state index is -2.63. The normalized spacial score (nSPS) is 29.8. The number of aromatic hydroxyl groups is 1.